The first-order chi connectivity index (χ1) is 9.08. The number of nitrogens with zero attached hydrogens (tertiary/aromatic N) is 1. The number of sulfonamides is 1. The molecule has 1 aromatic carbocycles. The molecule has 0 aliphatic heterocycles. The molecular formula is C12H15ClF3NO2S. The van der Waals surface area contributed by atoms with Crippen molar-refractivity contribution >= 4 is 21.6 Å². The Morgan fingerprint density at radius 2 is 1.85 bits per heavy atom. The van der Waals surface area contributed by atoms with Crippen LogP contribution in [0.1, 0.15) is 11.1 Å². The van der Waals surface area contributed by atoms with Gasteiger partial charge in [0.2, 0.25) is 10.0 Å². The Balaban J connectivity index is 3.22. The fourth-order valence-electron chi connectivity index (χ4n) is 1.81. The van der Waals surface area contributed by atoms with E-state index in [-0.39, 0.29) is 10.8 Å². The zero-order valence-electron chi connectivity index (χ0n) is 11.0. The Labute approximate surface area is 121 Å². The van der Waals surface area contributed by atoms with Crippen molar-refractivity contribution in [3.8, 4) is 0 Å². The highest BCUT2D eigenvalue weighted by molar-refractivity contribution is 7.89. The van der Waals surface area contributed by atoms with Crippen molar-refractivity contribution in [1.29, 1.82) is 0 Å². The molecule has 0 aromatic heterocycles. The topological polar surface area (TPSA) is 37.4 Å². The highest BCUT2D eigenvalue weighted by Gasteiger charge is 2.37. The van der Waals surface area contributed by atoms with Crippen LogP contribution < -0.4 is 0 Å². The maximum Gasteiger partial charge on any atom is 0.402 e. The Morgan fingerprint density at radius 3 is 2.30 bits per heavy atom. The van der Waals surface area contributed by atoms with Crippen molar-refractivity contribution in [2.24, 2.45) is 0 Å². The number of alkyl halides is 4. The molecule has 0 radical (unpaired) electrons. The number of rotatable bonds is 5. The molecule has 0 amide bonds. The van der Waals surface area contributed by atoms with Gasteiger partial charge in [-0.25, -0.2) is 8.42 Å². The molecule has 0 aliphatic rings. The summed E-state index contributed by atoms with van der Waals surface area (Å²) >= 11 is 5.41. The third kappa shape index (κ3) is 4.36. The molecule has 0 fully saturated rings. The average molecular weight is 330 g/mol. The van der Waals surface area contributed by atoms with Crippen molar-refractivity contribution in [2.45, 2.75) is 24.9 Å². The summed E-state index contributed by atoms with van der Waals surface area (Å²) in [6.07, 6.45) is -4.61. The molecule has 8 heteroatoms. The van der Waals surface area contributed by atoms with Crippen LogP contribution in [0.3, 0.4) is 0 Å². The first-order valence-corrected chi connectivity index (χ1v) is 7.75. The zero-order valence-corrected chi connectivity index (χ0v) is 12.6. The third-order valence-corrected chi connectivity index (χ3v) is 4.81. The molecule has 0 saturated heterocycles. The quantitative estimate of drug-likeness (QED) is 0.778. The fourth-order valence-corrected chi connectivity index (χ4v) is 3.74. The first kappa shape index (κ1) is 17.3. The van der Waals surface area contributed by atoms with E-state index in [1.165, 1.54) is 6.07 Å². The van der Waals surface area contributed by atoms with Crippen LogP contribution in [-0.4, -0.2) is 37.9 Å². The fraction of sp³-hybridized carbons (Fsp3) is 0.500. The molecule has 20 heavy (non-hydrogen) atoms. The van der Waals surface area contributed by atoms with E-state index < -0.39 is 29.3 Å². The lowest BCUT2D eigenvalue weighted by molar-refractivity contribution is -0.135. The van der Waals surface area contributed by atoms with Gasteiger partial charge in [0.15, 0.2) is 0 Å². The van der Waals surface area contributed by atoms with Gasteiger partial charge >= 0.3 is 6.18 Å². The van der Waals surface area contributed by atoms with Crippen molar-refractivity contribution in [3.05, 3.63) is 29.3 Å². The number of hydrogen-bond acceptors (Lipinski definition) is 2. The third-order valence-electron chi connectivity index (χ3n) is 2.64. The molecule has 0 atom stereocenters. The van der Waals surface area contributed by atoms with Gasteiger partial charge < -0.3 is 0 Å². The van der Waals surface area contributed by atoms with Crippen molar-refractivity contribution in [3.63, 3.8) is 0 Å². The smallest absolute Gasteiger partial charge is 0.207 e. The van der Waals surface area contributed by atoms with E-state index in [4.69, 9.17) is 11.6 Å². The van der Waals surface area contributed by atoms with Crippen LogP contribution in [0.4, 0.5) is 13.2 Å². The summed E-state index contributed by atoms with van der Waals surface area (Å²) in [7, 11) is -4.21. The van der Waals surface area contributed by atoms with Crippen LogP contribution in [-0.2, 0) is 10.0 Å². The summed E-state index contributed by atoms with van der Waals surface area (Å²) in [4.78, 5) is -0.127. The molecule has 0 unspecified atom stereocenters. The van der Waals surface area contributed by atoms with Gasteiger partial charge in [-0.15, -0.1) is 11.6 Å². The predicted molar refractivity (Wildman–Crippen MR) is 71.4 cm³/mol. The minimum absolute atomic E-state index is 0.127. The molecule has 0 N–H and O–H groups in total. The van der Waals surface area contributed by atoms with Gasteiger partial charge in [0.1, 0.15) is 6.54 Å². The van der Waals surface area contributed by atoms with E-state index in [1.807, 2.05) is 0 Å². The lowest BCUT2D eigenvalue weighted by Crippen LogP contribution is -2.40. The van der Waals surface area contributed by atoms with E-state index in [0.717, 1.165) is 5.56 Å². The molecule has 1 aromatic rings. The van der Waals surface area contributed by atoms with Crippen molar-refractivity contribution in [1.82, 2.24) is 4.31 Å². The van der Waals surface area contributed by atoms with Gasteiger partial charge in [-0.3, -0.25) is 0 Å². The molecule has 0 bridgehead atoms. The SMILES string of the molecule is Cc1ccc(S(=O)(=O)N(CCCl)CC(F)(F)F)c(C)c1. The van der Waals surface area contributed by atoms with Gasteiger partial charge in [-0.1, -0.05) is 17.7 Å². The van der Waals surface area contributed by atoms with Gasteiger partial charge in [-0.05, 0) is 25.5 Å². The van der Waals surface area contributed by atoms with E-state index >= 15 is 0 Å². The second kappa shape index (κ2) is 6.32. The lowest BCUT2D eigenvalue weighted by atomic mass is 10.2. The standard InChI is InChI=1S/C12H15ClF3NO2S/c1-9-3-4-11(10(2)7-9)20(18,19)17(6-5-13)8-12(14,15)16/h3-4,7H,5-6,8H2,1-2H3. The van der Waals surface area contributed by atoms with Gasteiger partial charge in [0.25, 0.3) is 0 Å². The minimum Gasteiger partial charge on any atom is -0.207 e. The molecule has 3 nitrogen and oxygen atoms in total. The maximum absolute atomic E-state index is 12.5. The second-order valence-electron chi connectivity index (χ2n) is 4.41. The first-order valence-electron chi connectivity index (χ1n) is 5.78. The normalized spacial score (nSPS) is 12.9. The van der Waals surface area contributed by atoms with Crippen LogP contribution in [0.5, 0.6) is 0 Å². The molecule has 0 spiro atoms. The minimum atomic E-state index is -4.61. The number of benzene rings is 1. The lowest BCUT2D eigenvalue weighted by Gasteiger charge is -2.23. The molecule has 0 saturated carbocycles. The highest BCUT2D eigenvalue weighted by atomic mass is 35.5. The number of hydrogen-bond donors (Lipinski definition) is 0. The van der Waals surface area contributed by atoms with E-state index in [9.17, 15) is 21.6 Å². The highest BCUT2D eigenvalue weighted by Crippen LogP contribution is 2.25. The summed E-state index contributed by atoms with van der Waals surface area (Å²) in [5.74, 6) is -0.208. The maximum atomic E-state index is 12.5. The Hall–Kier alpha value is -0.790. The average Bonchev–Trinajstić information content (AvgIpc) is 2.26. The molecule has 114 valence electrons. The summed E-state index contributed by atoms with van der Waals surface area (Å²) in [6, 6.07) is 4.48. The van der Waals surface area contributed by atoms with E-state index in [0.29, 0.717) is 9.87 Å². The second-order valence-corrected chi connectivity index (χ2v) is 6.70. The number of halogens is 4. The van der Waals surface area contributed by atoms with Gasteiger partial charge in [0.05, 0.1) is 4.90 Å². The Kier molecular flexibility index (Phi) is 5.46. The molecule has 0 aliphatic carbocycles. The largest absolute Gasteiger partial charge is 0.402 e. The van der Waals surface area contributed by atoms with E-state index in [1.54, 1.807) is 26.0 Å². The van der Waals surface area contributed by atoms with E-state index in [2.05, 4.69) is 0 Å². The van der Waals surface area contributed by atoms with Crippen LogP contribution in [0.2, 0.25) is 0 Å². The monoisotopic (exact) mass is 329 g/mol. The summed E-state index contributed by atoms with van der Waals surface area (Å²) in [6.45, 7) is 1.38. The Bertz CT molecular complexity index is 573. The summed E-state index contributed by atoms with van der Waals surface area (Å²) in [5.41, 5.74) is 1.24. The van der Waals surface area contributed by atoms with Crippen LogP contribution >= 0.6 is 11.6 Å². The number of aryl methyl sites for hydroxylation is 2. The summed E-state index contributed by atoms with van der Waals surface area (Å²) < 4.78 is 62.4. The predicted octanol–water partition coefficient (Wildman–Crippen LogP) is 3.10. The van der Waals surface area contributed by atoms with Crippen LogP contribution in [0.15, 0.2) is 23.1 Å². The summed E-state index contributed by atoms with van der Waals surface area (Å²) in [5, 5.41) is 0. The van der Waals surface area contributed by atoms with Crippen LogP contribution in [0, 0.1) is 13.8 Å². The molecule has 0 heterocycles. The van der Waals surface area contributed by atoms with Crippen molar-refractivity contribution in [2.75, 3.05) is 19.0 Å². The van der Waals surface area contributed by atoms with Gasteiger partial charge in [0, 0.05) is 12.4 Å². The van der Waals surface area contributed by atoms with Gasteiger partial charge in [-0.2, -0.15) is 17.5 Å². The Morgan fingerprint density at radius 1 is 1.25 bits per heavy atom. The van der Waals surface area contributed by atoms with Crippen molar-refractivity contribution < 1.29 is 21.6 Å². The molecule has 1 rings (SSSR count). The van der Waals surface area contributed by atoms with Crippen LogP contribution in [0.25, 0.3) is 0 Å². The molecular weight excluding hydrogens is 315 g/mol. The zero-order chi connectivity index (χ0) is 15.6.